The highest BCUT2D eigenvalue weighted by Gasteiger charge is 2.26. The summed E-state index contributed by atoms with van der Waals surface area (Å²) < 4.78 is 0. The van der Waals surface area contributed by atoms with Crippen molar-refractivity contribution >= 4 is 16.5 Å². The summed E-state index contributed by atoms with van der Waals surface area (Å²) in [5, 5.41) is 4.91. The molecule has 0 saturated heterocycles. The largest absolute Gasteiger partial charge is 0.345 e. The molecule has 0 spiro atoms. The Hall–Kier alpha value is -0.610. The Balaban J connectivity index is 2.20. The molecule has 1 aliphatic rings. The van der Waals surface area contributed by atoms with E-state index in [1.807, 2.05) is 11.3 Å². The maximum atomic E-state index is 5.04. The van der Waals surface area contributed by atoms with Gasteiger partial charge in [-0.1, -0.05) is 20.8 Å². The molecule has 1 aromatic heterocycles. The predicted octanol–water partition coefficient (Wildman–Crippen LogP) is 4.39. The average molecular weight is 310 g/mol. The molecule has 0 radical (unpaired) electrons. The fraction of sp³-hybridized carbons (Fsp3) is 0.824. The first kappa shape index (κ1) is 16.8. The predicted molar refractivity (Wildman–Crippen MR) is 93.4 cm³/mol. The van der Waals surface area contributed by atoms with Gasteiger partial charge in [-0.2, -0.15) is 0 Å². The van der Waals surface area contributed by atoms with Crippen molar-refractivity contribution in [2.45, 2.75) is 72.4 Å². The van der Waals surface area contributed by atoms with Gasteiger partial charge >= 0.3 is 0 Å². The number of hydrogen-bond donors (Lipinski definition) is 1. The van der Waals surface area contributed by atoms with Gasteiger partial charge in [0.25, 0.3) is 0 Å². The number of aryl methyl sites for hydroxylation is 1. The van der Waals surface area contributed by atoms with Crippen LogP contribution in [-0.4, -0.2) is 24.1 Å². The van der Waals surface area contributed by atoms with Crippen LogP contribution in [0.3, 0.4) is 0 Å². The fourth-order valence-electron chi connectivity index (χ4n) is 2.95. The van der Waals surface area contributed by atoms with Crippen molar-refractivity contribution in [3.63, 3.8) is 0 Å². The van der Waals surface area contributed by atoms with E-state index in [2.05, 4.69) is 44.8 Å². The van der Waals surface area contributed by atoms with Crippen molar-refractivity contribution in [1.29, 1.82) is 0 Å². The van der Waals surface area contributed by atoms with Crippen LogP contribution in [0.4, 0.5) is 5.13 Å². The number of anilines is 1. The van der Waals surface area contributed by atoms with Crippen LogP contribution in [0.2, 0.25) is 0 Å². The molecule has 0 bridgehead atoms. The van der Waals surface area contributed by atoms with E-state index in [0.717, 1.165) is 13.1 Å². The van der Waals surface area contributed by atoms with Gasteiger partial charge < -0.3 is 10.2 Å². The Bertz CT molecular complexity index is 439. The third-order valence-corrected chi connectivity index (χ3v) is 5.18. The van der Waals surface area contributed by atoms with Crippen LogP contribution in [0, 0.1) is 5.92 Å². The first-order valence-corrected chi connectivity index (χ1v) is 9.34. The maximum absolute atomic E-state index is 5.04. The molecule has 0 fully saturated rings. The van der Waals surface area contributed by atoms with E-state index in [9.17, 15) is 0 Å². The lowest BCUT2D eigenvalue weighted by atomic mass is 9.97. The molecule has 2 rings (SSSR count). The molecule has 0 amide bonds. The summed E-state index contributed by atoms with van der Waals surface area (Å²) in [6.45, 7) is 13.5. The molecular formula is C17H31N3S. The van der Waals surface area contributed by atoms with E-state index < -0.39 is 0 Å². The minimum absolute atomic E-state index is 0.478. The van der Waals surface area contributed by atoms with E-state index in [0.29, 0.717) is 18.0 Å². The smallest absolute Gasteiger partial charge is 0.186 e. The Morgan fingerprint density at radius 1 is 1.33 bits per heavy atom. The average Bonchev–Trinajstić information content (AvgIpc) is 2.86. The number of nitrogens with one attached hydrogen (secondary N) is 1. The number of rotatable bonds is 7. The van der Waals surface area contributed by atoms with Crippen LogP contribution in [0.25, 0.3) is 0 Å². The third kappa shape index (κ3) is 4.19. The lowest BCUT2D eigenvalue weighted by Gasteiger charge is -2.28. The number of nitrogens with zero attached hydrogens (tertiary/aromatic N) is 2. The zero-order valence-corrected chi connectivity index (χ0v) is 15.1. The summed E-state index contributed by atoms with van der Waals surface area (Å²) in [5.74, 6) is 0.669. The normalized spacial score (nSPS) is 18.3. The molecule has 0 aliphatic heterocycles. The lowest BCUT2D eigenvalue weighted by Crippen LogP contribution is -2.34. The molecule has 1 atom stereocenters. The summed E-state index contributed by atoms with van der Waals surface area (Å²) in [6, 6.07) is 0.994. The topological polar surface area (TPSA) is 28.2 Å². The third-order valence-electron chi connectivity index (χ3n) is 4.01. The van der Waals surface area contributed by atoms with Gasteiger partial charge in [0.05, 0.1) is 11.7 Å². The number of fused-ring (bicyclic) bond motifs is 1. The van der Waals surface area contributed by atoms with Crippen LogP contribution >= 0.6 is 11.3 Å². The van der Waals surface area contributed by atoms with Crippen molar-refractivity contribution in [3.05, 3.63) is 10.6 Å². The molecule has 4 heteroatoms. The van der Waals surface area contributed by atoms with Gasteiger partial charge in [0, 0.05) is 17.5 Å². The van der Waals surface area contributed by atoms with Gasteiger partial charge in [-0.05, 0) is 52.0 Å². The molecule has 0 aromatic carbocycles. The maximum Gasteiger partial charge on any atom is 0.186 e. The molecule has 1 unspecified atom stereocenters. The zero-order chi connectivity index (χ0) is 15.4. The van der Waals surface area contributed by atoms with Gasteiger partial charge in [-0.15, -0.1) is 11.3 Å². The van der Waals surface area contributed by atoms with Gasteiger partial charge in [0.15, 0.2) is 5.13 Å². The molecule has 1 aliphatic carbocycles. The van der Waals surface area contributed by atoms with Gasteiger partial charge in [-0.3, -0.25) is 0 Å². The monoisotopic (exact) mass is 309 g/mol. The lowest BCUT2D eigenvalue weighted by molar-refractivity contribution is 0.454. The minimum Gasteiger partial charge on any atom is -0.345 e. The molecule has 1 N–H and O–H groups in total. The summed E-state index contributed by atoms with van der Waals surface area (Å²) >= 11 is 1.93. The summed E-state index contributed by atoms with van der Waals surface area (Å²) in [4.78, 5) is 9.03. The number of aromatic nitrogens is 1. The highest BCUT2D eigenvalue weighted by Crippen LogP contribution is 2.37. The Morgan fingerprint density at radius 3 is 2.71 bits per heavy atom. The second kappa shape index (κ2) is 7.59. The highest BCUT2D eigenvalue weighted by molar-refractivity contribution is 7.15. The zero-order valence-electron chi connectivity index (χ0n) is 14.3. The van der Waals surface area contributed by atoms with E-state index in [4.69, 9.17) is 4.98 Å². The van der Waals surface area contributed by atoms with Crippen molar-refractivity contribution < 1.29 is 0 Å². The first-order chi connectivity index (χ1) is 10.0. The van der Waals surface area contributed by atoms with E-state index >= 15 is 0 Å². The molecule has 1 heterocycles. The highest BCUT2D eigenvalue weighted by atomic mass is 32.1. The molecule has 120 valence electrons. The first-order valence-electron chi connectivity index (χ1n) is 8.52. The molecule has 1 aromatic rings. The fourth-order valence-corrected chi connectivity index (χ4v) is 4.25. The summed E-state index contributed by atoms with van der Waals surface area (Å²) in [6.07, 6.45) is 4.93. The molecule has 21 heavy (non-hydrogen) atoms. The second-order valence-electron chi connectivity index (χ2n) is 6.84. The second-order valence-corrected chi connectivity index (χ2v) is 7.91. The number of thiazole rings is 1. The van der Waals surface area contributed by atoms with Crippen LogP contribution in [0.1, 0.15) is 70.5 Å². The Labute approximate surface area is 134 Å². The van der Waals surface area contributed by atoms with Crippen LogP contribution in [0.15, 0.2) is 0 Å². The molecular weight excluding hydrogens is 278 g/mol. The minimum atomic E-state index is 0.478. The molecule has 3 nitrogen and oxygen atoms in total. The summed E-state index contributed by atoms with van der Waals surface area (Å²) in [5.41, 5.74) is 1.34. The van der Waals surface area contributed by atoms with Gasteiger partial charge in [0.2, 0.25) is 0 Å². The van der Waals surface area contributed by atoms with Crippen LogP contribution in [0.5, 0.6) is 0 Å². The van der Waals surface area contributed by atoms with Crippen molar-refractivity contribution in [2.75, 3.05) is 18.0 Å². The molecule has 0 saturated carbocycles. The van der Waals surface area contributed by atoms with Crippen molar-refractivity contribution in [2.24, 2.45) is 5.92 Å². The SMILES string of the molecule is CCCNC1CCCc2sc(N(CC(C)C)C(C)C)nc21. The van der Waals surface area contributed by atoms with Crippen LogP contribution in [-0.2, 0) is 6.42 Å². The quantitative estimate of drug-likeness (QED) is 0.809. The standard InChI is InChI=1S/C17H31N3S/c1-6-10-18-14-8-7-9-15-16(14)19-17(21-15)20(13(4)5)11-12(2)3/h12-14,18H,6-11H2,1-5H3. The number of hydrogen-bond acceptors (Lipinski definition) is 4. The summed E-state index contributed by atoms with van der Waals surface area (Å²) in [7, 11) is 0. The Morgan fingerprint density at radius 2 is 2.10 bits per heavy atom. The Kier molecular flexibility index (Phi) is 6.06. The van der Waals surface area contributed by atoms with E-state index in [1.165, 1.54) is 41.4 Å². The van der Waals surface area contributed by atoms with Gasteiger partial charge in [0.1, 0.15) is 0 Å². The van der Waals surface area contributed by atoms with Crippen LogP contribution < -0.4 is 10.2 Å². The van der Waals surface area contributed by atoms with Crippen molar-refractivity contribution in [1.82, 2.24) is 10.3 Å². The van der Waals surface area contributed by atoms with E-state index in [1.54, 1.807) is 0 Å². The van der Waals surface area contributed by atoms with Gasteiger partial charge in [-0.25, -0.2) is 4.98 Å². The van der Waals surface area contributed by atoms with Crippen molar-refractivity contribution in [3.8, 4) is 0 Å². The van der Waals surface area contributed by atoms with E-state index in [-0.39, 0.29) is 0 Å².